The molecule has 4 aromatic rings. The molecule has 2 aromatic heterocycles. The van der Waals surface area contributed by atoms with Crippen molar-refractivity contribution in [2.24, 2.45) is 0 Å². The number of amides is 1. The topological polar surface area (TPSA) is 81.6 Å². The van der Waals surface area contributed by atoms with Crippen LogP contribution in [0.1, 0.15) is 26.4 Å². The first-order chi connectivity index (χ1) is 15.1. The van der Waals surface area contributed by atoms with Gasteiger partial charge < -0.3 is 9.47 Å². The maximum Gasteiger partial charge on any atom is 0.338 e. The van der Waals surface area contributed by atoms with E-state index in [4.69, 9.17) is 9.47 Å². The third-order valence-electron chi connectivity index (χ3n) is 4.68. The number of benzene rings is 2. The standard InChI is InChI=1S/C23H19N3O4S/c1-29-18-11-7-12-19-20(18)25-23(31-19)26(14-15-8-5-6-13-24-15)21(27)16-9-3-4-10-17(16)22(28)30-2/h3-13H,14H2,1-2H3. The van der Waals surface area contributed by atoms with Crippen LogP contribution in [0.5, 0.6) is 5.75 Å². The van der Waals surface area contributed by atoms with Gasteiger partial charge >= 0.3 is 5.97 Å². The van der Waals surface area contributed by atoms with E-state index in [0.717, 1.165) is 4.70 Å². The van der Waals surface area contributed by atoms with Gasteiger partial charge in [-0.3, -0.25) is 14.7 Å². The Morgan fingerprint density at radius 3 is 2.45 bits per heavy atom. The lowest BCUT2D eigenvalue weighted by Gasteiger charge is -2.20. The highest BCUT2D eigenvalue weighted by molar-refractivity contribution is 7.22. The third kappa shape index (κ3) is 4.10. The quantitative estimate of drug-likeness (QED) is 0.421. The average Bonchev–Trinajstić information content (AvgIpc) is 3.26. The van der Waals surface area contributed by atoms with Gasteiger partial charge in [0.05, 0.1) is 42.3 Å². The molecule has 2 aromatic carbocycles. The Morgan fingerprint density at radius 1 is 0.968 bits per heavy atom. The number of methoxy groups -OCH3 is 2. The van der Waals surface area contributed by atoms with Crippen LogP contribution in [0, 0.1) is 0 Å². The summed E-state index contributed by atoms with van der Waals surface area (Å²) in [4.78, 5) is 36.4. The molecule has 2 heterocycles. The number of hydrogen-bond acceptors (Lipinski definition) is 7. The number of carbonyl (C=O) groups excluding carboxylic acids is 2. The van der Waals surface area contributed by atoms with Crippen LogP contribution in [-0.4, -0.2) is 36.1 Å². The summed E-state index contributed by atoms with van der Waals surface area (Å²) in [5.41, 5.74) is 1.79. The van der Waals surface area contributed by atoms with Crippen LogP contribution >= 0.6 is 11.3 Å². The molecule has 0 saturated heterocycles. The second-order valence-corrected chi connectivity index (χ2v) is 7.56. The maximum absolute atomic E-state index is 13.6. The predicted molar refractivity (Wildman–Crippen MR) is 119 cm³/mol. The van der Waals surface area contributed by atoms with Crippen molar-refractivity contribution in [1.82, 2.24) is 9.97 Å². The van der Waals surface area contributed by atoms with Gasteiger partial charge in [0, 0.05) is 6.20 Å². The van der Waals surface area contributed by atoms with Gasteiger partial charge in [0.25, 0.3) is 5.91 Å². The summed E-state index contributed by atoms with van der Waals surface area (Å²) >= 11 is 1.37. The summed E-state index contributed by atoms with van der Waals surface area (Å²) in [6.07, 6.45) is 1.67. The Kier molecular flexibility index (Phi) is 5.90. The van der Waals surface area contributed by atoms with Gasteiger partial charge in [0.1, 0.15) is 11.3 Å². The highest BCUT2D eigenvalue weighted by Crippen LogP contribution is 2.35. The van der Waals surface area contributed by atoms with Gasteiger partial charge in [-0.1, -0.05) is 35.6 Å². The first kappa shape index (κ1) is 20.5. The number of hydrogen-bond donors (Lipinski definition) is 0. The van der Waals surface area contributed by atoms with E-state index in [0.29, 0.717) is 22.1 Å². The molecule has 0 N–H and O–H groups in total. The average molecular weight is 433 g/mol. The molecule has 0 atom stereocenters. The molecular formula is C23H19N3O4S. The minimum Gasteiger partial charge on any atom is -0.494 e. The van der Waals surface area contributed by atoms with Crippen LogP contribution in [0.2, 0.25) is 0 Å². The van der Waals surface area contributed by atoms with Gasteiger partial charge in [-0.2, -0.15) is 0 Å². The third-order valence-corrected chi connectivity index (χ3v) is 5.72. The monoisotopic (exact) mass is 433 g/mol. The smallest absolute Gasteiger partial charge is 0.338 e. The zero-order chi connectivity index (χ0) is 21.8. The number of pyridine rings is 1. The molecule has 0 unspecified atom stereocenters. The summed E-state index contributed by atoms with van der Waals surface area (Å²) in [6, 6.07) is 17.7. The molecule has 0 radical (unpaired) electrons. The molecule has 0 aliphatic heterocycles. The van der Waals surface area contributed by atoms with Crippen molar-refractivity contribution < 1.29 is 19.1 Å². The number of ether oxygens (including phenoxy) is 2. The summed E-state index contributed by atoms with van der Waals surface area (Å²) in [5, 5.41) is 0.481. The number of rotatable bonds is 6. The predicted octanol–water partition coefficient (Wildman–Crippen LogP) is 4.33. The van der Waals surface area contributed by atoms with E-state index in [2.05, 4.69) is 9.97 Å². The highest BCUT2D eigenvalue weighted by atomic mass is 32.1. The highest BCUT2D eigenvalue weighted by Gasteiger charge is 2.26. The van der Waals surface area contributed by atoms with Crippen LogP contribution < -0.4 is 9.64 Å². The van der Waals surface area contributed by atoms with Crippen molar-refractivity contribution in [3.8, 4) is 5.75 Å². The summed E-state index contributed by atoms with van der Waals surface area (Å²) in [7, 11) is 2.87. The Morgan fingerprint density at radius 2 is 1.74 bits per heavy atom. The molecular weight excluding hydrogens is 414 g/mol. The molecule has 0 saturated carbocycles. The Balaban J connectivity index is 1.83. The van der Waals surface area contributed by atoms with Crippen LogP contribution in [0.25, 0.3) is 10.2 Å². The van der Waals surface area contributed by atoms with Crippen molar-refractivity contribution in [2.45, 2.75) is 6.54 Å². The molecule has 31 heavy (non-hydrogen) atoms. The van der Waals surface area contributed by atoms with Crippen LogP contribution in [0.15, 0.2) is 66.9 Å². The van der Waals surface area contributed by atoms with Gasteiger partial charge in [0.15, 0.2) is 5.13 Å². The van der Waals surface area contributed by atoms with Crippen molar-refractivity contribution in [2.75, 3.05) is 19.1 Å². The number of fused-ring (bicyclic) bond motifs is 1. The molecule has 0 aliphatic carbocycles. The number of aromatic nitrogens is 2. The molecule has 1 amide bonds. The SMILES string of the molecule is COC(=O)c1ccccc1C(=O)N(Cc1ccccn1)c1nc2c(OC)cccc2s1. The van der Waals surface area contributed by atoms with E-state index < -0.39 is 5.97 Å². The number of thiazole rings is 1. The lowest BCUT2D eigenvalue weighted by molar-refractivity contribution is 0.0597. The molecule has 156 valence electrons. The molecule has 0 fully saturated rings. The molecule has 4 rings (SSSR count). The van der Waals surface area contributed by atoms with E-state index in [1.165, 1.54) is 23.3 Å². The number of para-hydroxylation sites is 1. The lowest BCUT2D eigenvalue weighted by Crippen LogP contribution is -2.32. The fourth-order valence-corrected chi connectivity index (χ4v) is 4.16. The van der Waals surface area contributed by atoms with E-state index in [1.807, 2.05) is 36.4 Å². The fourth-order valence-electron chi connectivity index (χ4n) is 3.17. The van der Waals surface area contributed by atoms with Gasteiger partial charge in [-0.05, 0) is 36.4 Å². The molecule has 0 aliphatic rings. The molecule has 0 bridgehead atoms. The zero-order valence-electron chi connectivity index (χ0n) is 16.9. The Bertz CT molecular complexity index is 1240. The minimum absolute atomic E-state index is 0.192. The van der Waals surface area contributed by atoms with E-state index in [1.54, 1.807) is 37.6 Å². The minimum atomic E-state index is -0.576. The largest absolute Gasteiger partial charge is 0.494 e. The lowest BCUT2D eigenvalue weighted by atomic mass is 10.1. The second kappa shape index (κ2) is 8.93. The summed E-state index contributed by atoms with van der Waals surface area (Å²) < 4.78 is 11.2. The molecule has 0 spiro atoms. The van der Waals surface area contributed by atoms with Crippen LogP contribution in [-0.2, 0) is 11.3 Å². The number of anilines is 1. The number of esters is 1. The van der Waals surface area contributed by atoms with E-state index in [9.17, 15) is 9.59 Å². The molecule has 8 heteroatoms. The van der Waals surface area contributed by atoms with E-state index in [-0.39, 0.29) is 23.6 Å². The maximum atomic E-state index is 13.6. The van der Waals surface area contributed by atoms with Crippen LogP contribution in [0.4, 0.5) is 5.13 Å². The first-order valence-corrected chi connectivity index (χ1v) is 10.3. The van der Waals surface area contributed by atoms with Gasteiger partial charge in [0.2, 0.25) is 0 Å². The Hall–Kier alpha value is -3.78. The fraction of sp³-hybridized carbons (Fsp3) is 0.130. The normalized spacial score (nSPS) is 10.6. The van der Waals surface area contributed by atoms with Gasteiger partial charge in [-0.25, -0.2) is 9.78 Å². The van der Waals surface area contributed by atoms with Crippen molar-refractivity contribution in [3.63, 3.8) is 0 Å². The van der Waals surface area contributed by atoms with E-state index >= 15 is 0 Å². The van der Waals surface area contributed by atoms with Crippen molar-refractivity contribution in [3.05, 3.63) is 83.7 Å². The Labute approximate surface area is 182 Å². The van der Waals surface area contributed by atoms with Crippen molar-refractivity contribution >= 4 is 38.6 Å². The summed E-state index contributed by atoms with van der Waals surface area (Å²) in [6.45, 7) is 0.192. The number of carbonyl (C=O) groups is 2. The van der Waals surface area contributed by atoms with Crippen LogP contribution in [0.3, 0.4) is 0 Å². The first-order valence-electron chi connectivity index (χ1n) is 9.45. The van der Waals surface area contributed by atoms with Crippen molar-refractivity contribution in [1.29, 1.82) is 0 Å². The summed E-state index contributed by atoms with van der Waals surface area (Å²) in [5.74, 6) is -0.322. The molecule has 7 nitrogen and oxygen atoms in total. The second-order valence-electron chi connectivity index (χ2n) is 6.55. The number of nitrogens with zero attached hydrogens (tertiary/aromatic N) is 3. The zero-order valence-corrected chi connectivity index (χ0v) is 17.8. The van der Waals surface area contributed by atoms with Gasteiger partial charge in [-0.15, -0.1) is 0 Å².